The minimum atomic E-state index is -0.767. The van der Waals surface area contributed by atoms with E-state index in [1.165, 1.54) is 16.7 Å². The van der Waals surface area contributed by atoms with E-state index < -0.39 is 22.8 Å². The van der Waals surface area contributed by atoms with Crippen molar-refractivity contribution in [3.63, 3.8) is 0 Å². The smallest absolute Gasteiger partial charge is 0.330 e. The fourth-order valence-corrected chi connectivity index (χ4v) is 5.97. The van der Waals surface area contributed by atoms with Crippen LogP contribution in [0.25, 0.3) is 0 Å². The summed E-state index contributed by atoms with van der Waals surface area (Å²) in [5, 5.41) is 5.21. The fraction of sp³-hybridized carbons (Fsp3) is 0.400. The number of fused-ring (bicyclic) bond motifs is 1. The van der Waals surface area contributed by atoms with Crippen molar-refractivity contribution >= 4 is 35.5 Å². The number of benzene rings is 1. The standard InChI is InChI=1S/C25H28N4O5S/c1-25(2)20(24(33)34-13-11-26-21(31)17-10-7-12-28(3)15-17)29-22(32)19(23(29)35-25)27-18(30)14-16-8-5-4-6-9-16/h4-10,12,15,19-20,23H,11,13-14H2,1-3H3,(H-,26,27,30,31)/p+1/t19-,20?,23-/m1/s1. The zero-order chi connectivity index (χ0) is 25.2. The summed E-state index contributed by atoms with van der Waals surface area (Å²) in [4.78, 5) is 52.0. The summed E-state index contributed by atoms with van der Waals surface area (Å²) in [5.41, 5.74) is 1.37. The van der Waals surface area contributed by atoms with Crippen LogP contribution in [0.4, 0.5) is 0 Å². The van der Waals surface area contributed by atoms with Crippen LogP contribution >= 0.6 is 11.8 Å². The van der Waals surface area contributed by atoms with Crippen molar-refractivity contribution in [1.29, 1.82) is 0 Å². The van der Waals surface area contributed by atoms with Gasteiger partial charge < -0.3 is 20.3 Å². The average molecular weight is 498 g/mol. The first-order valence-corrected chi connectivity index (χ1v) is 12.3. The molecule has 0 aliphatic carbocycles. The van der Waals surface area contributed by atoms with Gasteiger partial charge in [-0.3, -0.25) is 14.4 Å². The van der Waals surface area contributed by atoms with Crippen molar-refractivity contribution in [2.75, 3.05) is 13.2 Å². The van der Waals surface area contributed by atoms with Crippen molar-refractivity contribution in [3.05, 3.63) is 66.0 Å². The van der Waals surface area contributed by atoms with E-state index >= 15 is 0 Å². The molecule has 0 saturated carbocycles. The number of hydrogen-bond acceptors (Lipinski definition) is 6. The second-order valence-electron chi connectivity index (χ2n) is 9.15. The van der Waals surface area contributed by atoms with Crippen LogP contribution in [-0.2, 0) is 32.6 Å². The Labute approximate surface area is 208 Å². The molecule has 184 valence electrons. The van der Waals surface area contributed by atoms with Gasteiger partial charge in [0.1, 0.15) is 36.7 Å². The van der Waals surface area contributed by atoms with Gasteiger partial charge in [0.15, 0.2) is 12.4 Å². The minimum Gasteiger partial charge on any atom is -0.462 e. The van der Waals surface area contributed by atoms with E-state index in [4.69, 9.17) is 4.74 Å². The molecule has 0 spiro atoms. The van der Waals surface area contributed by atoms with Gasteiger partial charge in [0.2, 0.25) is 11.8 Å². The number of nitrogens with one attached hydrogen (secondary N) is 2. The predicted molar refractivity (Wildman–Crippen MR) is 129 cm³/mol. The zero-order valence-electron chi connectivity index (χ0n) is 19.9. The predicted octanol–water partition coefficient (Wildman–Crippen LogP) is 0.574. The molecule has 4 rings (SSSR count). The lowest BCUT2D eigenvalue weighted by atomic mass is 9.96. The number of rotatable bonds is 8. The van der Waals surface area contributed by atoms with Gasteiger partial charge in [-0.05, 0) is 25.5 Å². The third-order valence-corrected chi connectivity index (χ3v) is 7.59. The summed E-state index contributed by atoms with van der Waals surface area (Å²) in [5.74, 6) is -1.31. The largest absolute Gasteiger partial charge is 0.462 e. The van der Waals surface area contributed by atoms with Gasteiger partial charge in [-0.15, -0.1) is 11.8 Å². The lowest BCUT2D eigenvalue weighted by Gasteiger charge is -2.44. The van der Waals surface area contributed by atoms with Gasteiger partial charge in [-0.25, -0.2) is 9.36 Å². The van der Waals surface area contributed by atoms with Crippen LogP contribution in [-0.4, -0.2) is 63.9 Å². The third kappa shape index (κ3) is 5.32. The summed E-state index contributed by atoms with van der Waals surface area (Å²) in [7, 11) is 1.82. The molecule has 2 aliphatic rings. The number of aryl methyl sites for hydroxylation is 1. The summed E-state index contributed by atoms with van der Waals surface area (Å²) < 4.78 is 6.60. The Morgan fingerprint density at radius 2 is 1.89 bits per heavy atom. The summed E-state index contributed by atoms with van der Waals surface area (Å²) in [6, 6.07) is 11.3. The Balaban J connectivity index is 1.28. The number of aromatic nitrogens is 1. The van der Waals surface area contributed by atoms with Crippen molar-refractivity contribution < 1.29 is 28.5 Å². The van der Waals surface area contributed by atoms with Gasteiger partial charge in [0.05, 0.1) is 13.0 Å². The molecule has 10 heteroatoms. The van der Waals surface area contributed by atoms with Crippen LogP contribution in [0, 0.1) is 0 Å². The van der Waals surface area contributed by atoms with Crippen LogP contribution in [0.3, 0.4) is 0 Å². The Hall–Kier alpha value is -3.40. The van der Waals surface area contributed by atoms with Crippen LogP contribution < -0.4 is 15.2 Å². The van der Waals surface area contributed by atoms with E-state index in [1.807, 2.05) is 57.4 Å². The van der Waals surface area contributed by atoms with E-state index in [0.717, 1.165) is 5.56 Å². The Kier molecular flexibility index (Phi) is 7.11. The van der Waals surface area contributed by atoms with Gasteiger partial charge in [-0.2, -0.15) is 0 Å². The first kappa shape index (κ1) is 24.7. The molecule has 3 heterocycles. The quantitative estimate of drug-likeness (QED) is 0.239. The summed E-state index contributed by atoms with van der Waals surface area (Å²) in [6.07, 6.45) is 3.71. The number of ether oxygens (including phenoxy) is 1. The number of β-lactam (4-membered cyclic amide) rings is 1. The third-order valence-electron chi connectivity index (χ3n) is 6.02. The van der Waals surface area contributed by atoms with Crippen molar-refractivity contribution in [2.24, 2.45) is 7.05 Å². The topological polar surface area (TPSA) is 109 Å². The Morgan fingerprint density at radius 3 is 2.60 bits per heavy atom. The number of thioether (sulfide) groups is 1. The Bertz CT molecular complexity index is 1140. The van der Waals surface area contributed by atoms with E-state index in [0.29, 0.717) is 5.56 Å². The van der Waals surface area contributed by atoms with Gasteiger partial charge in [-0.1, -0.05) is 30.3 Å². The number of esters is 1. The van der Waals surface area contributed by atoms with E-state index in [1.54, 1.807) is 22.9 Å². The van der Waals surface area contributed by atoms with Gasteiger partial charge in [0, 0.05) is 10.8 Å². The number of carbonyl (C=O) groups is 4. The van der Waals surface area contributed by atoms with E-state index in [2.05, 4.69) is 10.6 Å². The van der Waals surface area contributed by atoms with Crippen molar-refractivity contribution in [1.82, 2.24) is 15.5 Å². The normalized spacial score (nSPS) is 22.1. The molecule has 3 atom stereocenters. The first-order valence-electron chi connectivity index (χ1n) is 11.4. The van der Waals surface area contributed by atoms with Crippen LogP contribution in [0.1, 0.15) is 29.8 Å². The molecule has 9 nitrogen and oxygen atoms in total. The number of carbonyl (C=O) groups excluding carboxylic acids is 4. The van der Waals surface area contributed by atoms with Gasteiger partial charge >= 0.3 is 5.97 Å². The lowest BCUT2D eigenvalue weighted by molar-refractivity contribution is -0.671. The highest BCUT2D eigenvalue weighted by atomic mass is 32.2. The van der Waals surface area contributed by atoms with Crippen molar-refractivity contribution in [3.8, 4) is 0 Å². The maximum atomic E-state index is 12.9. The lowest BCUT2D eigenvalue weighted by Crippen LogP contribution is -2.70. The molecule has 2 aliphatic heterocycles. The second kappa shape index (κ2) is 10.1. The minimum absolute atomic E-state index is 0.00921. The fourth-order valence-electron chi connectivity index (χ4n) is 4.35. The molecular weight excluding hydrogens is 468 g/mol. The number of hydrogen-bond donors (Lipinski definition) is 2. The van der Waals surface area contributed by atoms with E-state index in [9.17, 15) is 19.2 Å². The number of pyridine rings is 1. The molecular formula is C25H29N4O5S+. The SMILES string of the molecule is C[n+]1cccc(C(=O)NCCOC(=O)C2N3C(=O)[C@@H](NC(=O)Cc4ccccc4)[C@H]3SC2(C)C)c1. The van der Waals surface area contributed by atoms with E-state index in [-0.39, 0.29) is 42.7 Å². The van der Waals surface area contributed by atoms with Crippen LogP contribution in [0.2, 0.25) is 0 Å². The van der Waals surface area contributed by atoms with Crippen LogP contribution in [0.15, 0.2) is 54.9 Å². The molecule has 1 aromatic heterocycles. The maximum Gasteiger partial charge on any atom is 0.330 e. The molecule has 2 aromatic rings. The molecule has 2 N–H and O–H groups in total. The maximum absolute atomic E-state index is 12.9. The molecule has 0 radical (unpaired) electrons. The molecule has 35 heavy (non-hydrogen) atoms. The average Bonchev–Trinajstić information content (AvgIpc) is 3.08. The highest BCUT2D eigenvalue weighted by Crippen LogP contribution is 2.51. The highest BCUT2D eigenvalue weighted by Gasteiger charge is 2.64. The molecule has 1 unspecified atom stereocenters. The van der Waals surface area contributed by atoms with Crippen molar-refractivity contribution in [2.45, 2.75) is 42.5 Å². The molecule has 2 saturated heterocycles. The molecule has 3 amide bonds. The monoisotopic (exact) mass is 497 g/mol. The Morgan fingerprint density at radius 1 is 1.14 bits per heavy atom. The molecule has 2 fully saturated rings. The van der Waals surface area contributed by atoms with Gasteiger partial charge in [0.25, 0.3) is 5.91 Å². The summed E-state index contributed by atoms with van der Waals surface area (Å²) >= 11 is 1.47. The number of amides is 3. The number of nitrogens with zero attached hydrogens (tertiary/aromatic N) is 2. The van der Waals surface area contributed by atoms with Crippen LogP contribution in [0.5, 0.6) is 0 Å². The summed E-state index contributed by atoms with van der Waals surface area (Å²) in [6.45, 7) is 3.91. The highest BCUT2D eigenvalue weighted by molar-refractivity contribution is 8.01. The molecule has 0 bridgehead atoms. The zero-order valence-corrected chi connectivity index (χ0v) is 20.7. The first-order chi connectivity index (χ1) is 16.7. The molecule has 1 aromatic carbocycles. The second-order valence-corrected chi connectivity index (χ2v) is 10.9.